The molecule has 6 rings (SSSR count). The number of likely N-dealkylation sites (tertiary alicyclic amines) is 1. The Hall–Kier alpha value is -2.22. The molecule has 194 valence electrons. The molecule has 0 aromatic carbocycles. The van der Waals surface area contributed by atoms with Gasteiger partial charge >= 0.3 is 0 Å². The number of nitrogens with zero attached hydrogens (tertiary/aromatic N) is 6. The summed E-state index contributed by atoms with van der Waals surface area (Å²) in [6.07, 6.45) is 15.0. The van der Waals surface area contributed by atoms with Gasteiger partial charge in [0.25, 0.3) is 0 Å². The fraction of sp³-hybridized carbons (Fsp3) is 0.655. The molecule has 5 aliphatic rings. The molecule has 0 spiro atoms. The molecule has 7 heteroatoms. The lowest BCUT2D eigenvalue weighted by Gasteiger charge is -2.46. The van der Waals surface area contributed by atoms with E-state index in [0.29, 0.717) is 18.7 Å². The van der Waals surface area contributed by atoms with Gasteiger partial charge in [0.15, 0.2) is 0 Å². The van der Waals surface area contributed by atoms with Gasteiger partial charge in [0.05, 0.1) is 30.4 Å². The Morgan fingerprint density at radius 2 is 1.92 bits per heavy atom. The second kappa shape index (κ2) is 10.3. The number of allylic oxidation sites excluding steroid dienone is 2. The number of fused-ring (bicyclic) bond motifs is 1. The van der Waals surface area contributed by atoms with Crippen molar-refractivity contribution in [2.24, 2.45) is 4.99 Å². The quantitative estimate of drug-likeness (QED) is 0.582. The van der Waals surface area contributed by atoms with E-state index in [0.717, 1.165) is 38.0 Å². The van der Waals surface area contributed by atoms with Crippen LogP contribution in [0.25, 0.3) is 0 Å². The molecule has 1 aromatic heterocycles. The van der Waals surface area contributed by atoms with Gasteiger partial charge in [-0.15, -0.1) is 0 Å². The van der Waals surface area contributed by atoms with Gasteiger partial charge in [-0.3, -0.25) is 19.8 Å². The molecular formula is C29H42N6O. The molecule has 1 aromatic rings. The number of aliphatic imine (C=N–C) groups is 1. The summed E-state index contributed by atoms with van der Waals surface area (Å²) in [6, 6.07) is 6.20. The Morgan fingerprint density at radius 1 is 1.08 bits per heavy atom. The third-order valence-corrected chi connectivity index (χ3v) is 8.94. The Morgan fingerprint density at radius 3 is 2.67 bits per heavy atom. The lowest BCUT2D eigenvalue weighted by atomic mass is 9.86. The zero-order valence-electron chi connectivity index (χ0n) is 22.2. The normalized spacial score (nSPS) is 31.4. The molecule has 36 heavy (non-hydrogen) atoms. The van der Waals surface area contributed by atoms with Gasteiger partial charge < -0.3 is 14.5 Å². The summed E-state index contributed by atoms with van der Waals surface area (Å²) in [7, 11) is 2.29. The van der Waals surface area contributed by atoms with Crippen molar-refractivity contribution in [3.05, 3.63) is 53.6 Å². The van der Waals surface area contributed by atoms with E-state index in [2.05, 4.69) is 64.8 Å². The first-order chi connectivity index (χ1) is 17.7. The van der Waals surface area contributed by atoms with Gasteiger partial charge in [-0.2, -0.15) is 0 Å². The van der Waals surface area contributed by atoms with Crippen LogP contribution in [0.5, 0.6) is 0 Å². The summed E-state index contributed by atoms with van der Waals surface area (Å²) in [4.78, 5) is 20.6. The van der Waals surface area contributed by atoms with Crippen LogP contribution >= 0.6 is 0 Å². The zero-order valence-corrected chi connectivity index (χ0v) is 22.2. The van der Waals surface area contributed by atoms with E-state index in [1.54, 1.807) is 0 Å². The Balaban J connectivity index is 1.24. The molecule has 5 heterocycles. The summed E-state index contributed by atoms with van der Waals surface area (Å²) in [5.74, 6) is 2.42. The topological polar surface area (TPSA) is 47.4 Å². The highest BCUT2D eigenvalue weighted by molar-refractivity contribution is 5.97. The van der Waals surface area contributed by atoms with Crippen molar-refractivity contribution >= 4 is 5.84 Å². The van der Waals surface area contributed by atoms with Crippen molar-refractivity contribution in [2.75, 3.05) is 46.4 Å². The summed E-state index contributed by atoms with van der Waals surface area (Å²) in [6.45, 7) is 10.3. The molecule has 1 aliphatic carbocycles. The van der Waals surface area contributed by atoms with Crippen LogP contribution in [-0.4, -0.2) is 101 Å². The minimum atomic E-state index is 0.183. The molecule has 1 saturated carbocycles. The standard InChI is InChI=1S/C29H42N6O/c1-4-36-20-25-29(24-10-5-9-23(32(24)3)28-21(2)8-7-15-30-28)31-26-11-6-12-27(35(25)26)34-18-16-33(17-19-34)22-13-14-22/h6-8,11-12,15,22-25,29H,4-5,9-10,13-14,16-20H2,1-3H3/t23-,24+,25?,29?/m0/s1. The molecule has 7 nitrogen and oxygen atoms in total. The highest BCUT2D eigenvalue weighted by Crippen LogP contribution is 2.40. The van der Waals surface area contributed by atoms with Crippen LogP contribution in [0.15, 0.2) is 47.4 Å². The Kier molecular flexibility index (Phi) is 6.88. The van der Waals surface area contributed by atoms with Gasteiger partial charge in [0, 0.05) is 51.1 Å². The van der Waals surface area contributed by atoms with Crippen LogP contribution in [0.4, 0.5) is 0 Å². The number of piperidine rings is 1. The monoisotopic (exact) mass is 490 g/mol. The maximum atomic E-state index is 6.12. The zero-order chi connectivity index (χ0) is 24.6. The van der Waals surface area contributed by atoms with Gasteiger partial charge in [-0.25, -0.2) is 0 Å². The smallest absolute Gasteiger partial charge is 0.129 e. The number of pyridine rings is 1. The SMILES string of the molecule is CCOCC1C([C@H]2CCC[C@@H](c3ncccc3C)N2C)N=C2C=CC=C(N3CCN(C4CC4)CC3)N21. The lowest BCUT2D eigenvalue weighted by Crippen LogP contribution is -2.56. The number of aromatic nitrogens is 1. The molecule has 0 bridgehead atoms. The number of amidine groups is 1. The molecule has 0 amide bonds. The number of likely N-dealkylation sites (N-methyl/N-ethyl adjacent to an activating group) is 1. The van der Waals surface area contributed by atoms with E-state index in [9.17, 15) is 0 Å². The van der Waals surface area contributed by atoms with Crippen molar-refractivity contribution in [2.45, 2.75) is 76.2 Å². The minimum absolute atomic E-state index is 0.183. The second-order valence-corrected chi connectivity index (χ2v) is 11.1. The molecule has 4 aliphatic heterocycles. The van der Waals surface area contributed by atoms with E-state index in [1.165, 1.54) is 55.9 Å². The van der Waals surface area contributed by atoms with Crippen molar-refractivity contribution in [3.8, 4) is 0 Å². The van der Waals surface area contributed by atoms with Crippen LogP contribution in [0.3, 0.4) is 0 Å². The van der Waals surface area contributed by atoms with Crippen LogP contribution in [0, 0.1) is 6.92 Å². The number of aryl methyl sites for hydroxylation is 1. The molecule has 2 saturated heterocycles. The summed E-state index contributed by atoms with van der Waals surface area (Å²) >= 11 is 0. The number of hydrogen-bond acceptors (Lipinski definition) is 7. The molecule has 4 atom stereocenters. The fourth-order valence-electron chi connectivity index (χ4n) is 6.85. The first kappa shape index (κ1) is 24.1. The van der Waals surface area contributed by atoms with Crippen LogP contribution in [-0.2, 0) is 4.74 Å². The molecule has 0 N–H and O–H groups in total. The summed E-state index contributed by atoms with van der Waals surface area (Å²) in [5, 5.41) is 0. The fourth-order valence-corrected chi connectivity index (χ4v) is 6.85. The van der Waals surface area contributed by atoms with E-state index < -0.39 is 0 Å². The number of piperazine rings is 1. The van der Waals surface area contributed by atoms with Crippen LogP contribution < -0.4 is 0 Å². The van der Waals surface area contributed by atoms with Gasteiger partial charge in [0.1, 0.15) is 11.7 Å². The molecule has 3 fully saturated rings. The predicted molar refractivity (Wildman–Crippen MR) is 144 cm³/mol. The van der Waals surface area contributed by atoms with Crippen molar-refractivity contribution in [1.29, 1.82) is 0 Å². The highest BCUT2D eigenvalue weighted by atomic mass is 16.5. The van der Waals surface area contributed by atoms with Crippen molar-refractivity contribution in [3.63, 3.8) is 0 Å². The van der Waals surface area contributed by atoms with E-state index in [-0.39, 0.29) is 12.1 Å². The Labute approximate surface area is 216 Å². The first-order valence-corrected chi connectivity index (χ1v) is 14.1. The van der Waals surface area contributed by atoms with Crippen molar-refractivity contribution < 1.29 is 4.74 Å². The number of hydrogen-bond donors (Lipinski definition) is 0. The number of ether oxygens (including phenoxy) is 1. The van der Waals surface area contributed by atoms with Gasteiger partial charge in [-0.1, -0.05) is 12.1 Å². The highest BCUT2D eigenvalue weighted by Gasteiger charge is 2.46. The van der Waals surface area contributed by atoms with Crippen molar-refractivity contribution in [1.82, 2.24) is 24.6 Å². The van der Waals surface area contributed by atoms with Crippen LogP contribution in [0.1, 0.15) is 56.3 Å². The summed E-state index contributed by atoms with van der Waals surface area (Å²) < 4.78 is 6.12. The summed E-state index contributed by atoms with van der Waals surface area (Å²) in [5.41, 5.74) is 2.51. The average Bonchev–Trinajstić information content (AvgIpc) is 3.69. The van der Waals surface area contributed by atoms with Gasteiger partial charge in [0.2, 0.25) is 0 Å². The minimum Gasteiger partial charge on any atom is -0.379 e. The maximum Gasteiger partial charge on any atom is 0.129 e. The Bertz CT molecular complexity index is 1020. The first-order valence-electron chi connectivity index (χ1n) is 14.1. The largest absolute Gasteiger partial charge is 0.379 e. The third-order valence-electron chi connectivity index (χ3n) is 8.94. The molecular weight excluding hydrogens is 448 g/mol. The van der Waals surface area contributed by atoms with E-state index in [1.807, 2.05) is 12.3 Å². The molecule has 0 radical (unpaired) electrons. The second-order valence-electron chi connectivity index (χ2n) is 11.1. The maximum absolute atomic E-state index is 6.12. The van der Waals surface area contributed by atoms with Gasteiger partial charge in [-0.05, 0) is 76.8 Å². The lowest BCUT2D eigenvalue weighted by molar-refractivity contribution is 0.0406. The molecule has 2 unspecified atom stereocenters. The number of rotatable bonds is 7. The average molecular weight is 491 g/mol. The van der Waals surface area contributed by atoms with Crippen LogP contribution in [0.2, 0.25) is 0 Å². The third kappa shape index (κ3) is 4.50. The van der Waals surface area contributed by atoms with E-state index in [4.69, 9.17) is 14.7 Å². The predicted octanol–water partition coefficient (Wildman–Crippen LogP) is 3.59. The van der Waals surface area contributed by atoms with E-state index >= 15 is 0 Å².